The molecule has 0 fully saturated rings. The van der Waals surface area contributed by atoms with Gasteiger partial charge in [-0.2, -0.15) is 4.52 Å². The summed E-state index contributed by atoms with van der Waals surface area (Å²) in [6.45, 7) is 1.44. The standard InChI is InChI=1S/C21H18FN5O/c22-17-7-3-1-6-16(17)21-25-24-20-10-9-19(26-27(20)21)23-13-14-11-12-28-18-8-4-2-5-15(14)18/h1-10,14H,11-13H2,(H,23,26). The van der Waals surface area contributed by atoms with Gasteiger partial charge in [-0.3, -0.25) is 0 Å². The lowest BCUT2D eigenvalue weighted by Gasteiger charge is -2.26. The SMILES string of the molecule is Fc1ccccc1-c1nnc2ccc(NCC3CCOc4ccccc43)nn12. The van der Waals surface area contributed by atoms with Crippen LogP contribution in [0.4, 0.5) is 10.2 Å². The van der Waals surface area contributed by atoms with E-state index in [1.807, 2.05) is 30.3 Å². The number of hydrogen-bond acceptors (Lipinski definition) is 5. The molecule has 28 heavy (non-hydrogen) atoms. The molecule has 0 amide bonds. The Hall–Kier alpha value is -3.48. The van der Waals surface area contributed by atoms with E-state index in [4.69, 9.17) is 4.74 Å². The monoisotopic (exact) mass is 375 g/mol. The van der Waals surface area contributed by atoms with Crippen molar-refractivity contribution in [1.29, 1.82) is 0 Å². The molecule has 0 radical (unpaired) electrons. The number of nitrogens with zero attached hydrogens (tertiary/aromatic N) is 4. The quantitative estimate of drug-likeness (QED) is 0.586. The molecule has 1 aliphatic rings. The van der Waals surface area contributed by atoms with E-state index in [1.54, 1.807) is 22.7 Å². The molecule has 1 N–H and O–H groups in total. The van der Waals surface area contributed by atoms with Crippen molar-refractivity contribution in [2.45, 2.75) is 12.3 Å². The highest BCUT2D eigenvalue weighted by atomic mass is 19.1. The predicted octanol–water partition coefficient (Wildman–Crippen LogP) is 3.91. The number of benzene rings is 2. The highest BCUT2D eigenvalue weighted by molar-refractivity contribution is 5.60. The van der Waals surface area contributed by atoms with Gasteiger partial charge < -0.3 is 10.1 Å². The van der Waals surface area contributed by atoms with E-state index >= 15 is 0 Å². The predicted molar refractivity (Wildman–Crippen MR) is 104 cm³/mol. The normalized spacial score (nSPS) is 15.8. The molecule has 1 unspecified atom stereocenters. The lowest BCUT2D eigenvalue weighted by Crippen LogP contribution is -2.21. The van der Waals surface area contributed by atoms with E-state index in [2.05, 4.69) is 26.7 Å². The third kappa shape index (κ3) is 2.94. The van der Waals surface area contributed by atoms with Crippen molar-refractivity contribution in [2.75, 3.05) is 18.5 Å². The van der Waals surface area contributed by atoms with E-state index in [1.165, 1.54) is 11.6 Å². The Balaban J connectivity index is 1.42. The molecule has 140 valence electrons. The molecule has 6 nitrogen and oxygen atoms in total. The molecule has 4 aromatic rings. The highest BCUT2D eigenvalue weighted by Crippen LogP contribution is 2.33. The molecule has 2 aromatic carbocycles. The fourth-order valence-corrected chi connectivity index (χ4v) is 3.55. The number of ether oxygens (including phenoxy) is 1. The minimum absolute atomic E-state index is 0.342. The summed E-state index contributed by atoms with van der Waals surface area (Å²) >= 11 is 0. The van der Waals surface area contributed by atoms with E-state index in [9.17, 15) is 4.39 Å². The molecular weight excluding hydrogens is 357 g/mol. The molecular formula is C21H18FN5O. The van der Waals surface area contributed by atoms with Crippen LogP contribution in [0.3, 0.4) is 0 Å². The van der Waals surface area contributed by atoms with Gasteiger partial charge in [-0.05, 0) is 42.3 Å². The van der Waals surface area contributed by atoms with Crippen molar-refractivity contribution < 1.29 is 9.13 Å². The number of anilines is 1. The summed E-state index contributed by atoms with van der Waals surface area (Å²) in [6, 6.07) is 18.3. The van der Waals surface area contributed by atoms with Crippen LogP contribution in [0.25, 0.3) is 17.0 Å². The Labute approximate surface area is 161 Å². The van der Waals surface area contributed by atoms with Crippen LogP contribution < -0.4 is 10.1 Å². The molecule has 0 saturated heterocycles. The Morgan fingerprint density at radius 1 is 1.04 bits per heavy atom. The van der Waals surface area contributed by atoms with Crippen molar-refractivity contribution in [1.82, 2.24) is 19.8 Å². The van der Waals surface area contributed by atoms with E-state index < -0.39 is 0 Å². The van der Waals surface area contributed by atoms with Gasteiger partial charge in [0.05, 0.1) is 12.2 Å². The van der Waals surface area contributed by atoms with Gasteiger partial charge in [0.1, 0.15) is 17.4 Å². The topological polar surface area (TPSA) is 64.3 Å². The van der Waals surface area contributed by atoms with Crippen LogP contribution in [0.15, 0.2) is 60.7 Å². The Morgan fingerprint density at radius 3 is 2.82 bits per heavy atom. The Kier molecular flexibility index (Phi) is 4.12. The van der Waals surface area contributed by atoms with Crippen LogP contribution in [0.2, 0.25) is 0 Å². The largest absolute Gasteiger partial charge is 0.493 e. The van der Waals surface area contributed by atoms with Gasteiger partial charge >= 0.3 is 0 Å². The lowest BCUT2D eigenvalue weighted by molar-refractivity contribution is 0.270. The number of fused-ring (bicyclic) bond motifs is 2. The summed E-state index contributed by atoms with van der Waals surface area (Å²) in [5.74, 6) is 2.01. The number of halogens is 1. The fourth-order valence-electron chi connectivity index (χ4n) is 3.55. The van der Waals surface area contributed by atoms with Gasteiger partial charge in [0, 0.05) is 12.5 Å². The summed E-state index contributed by atoms with van der Waals surface area (Å²) in [6.07, 6.45) is 0.944. The molecule has 5 rings (SSSR count). The van der Waals surface area contributed by atoms with Gasteiger partial charge in [-0.15, -0.1) is 15.3 Å². The van der Waals surface area contributed by atoms with Gasteiger partial charge in [0.15, 0.2) is 11.5 Å². The van der Waals surface area contributed by atoms with Gasteiger partial charge in [-0.25, -0.2) is 4.39 Å². The second kappa shape index (κ2) is 6.92. The van der Waals surface area contributed by atoms with Crippen LogP contribution in [0, 0.1) is 5.82 Å². The Bertz CT molecular complexity index is 1140. The van der Waals surface area contributed by atoms with Crippen molar-refractivity contribution in [3.05, 3.63) is 72.0 Å². The van der Waals surface area contributed by atoms with Crippen molar-refractivity contribution in [2.24, 2.45) is 0 Å². The van der Waals surface area contributed by atoms with Crippen LogP contribution >= 0.6 is 0 Å². The molecule has 0 aliphatic carbocycles. The number of nitrogens with one attached hydrogen (secondary N) is 1. The van der Waals surface area contributed by atoms with Crippen LogP contribution in [0.5, 0.6) is 5.75 Å². The number of hydrogen-bond donors (Lipinski definition) is 1. The third-order valence-corrected chi connectivity index (χ3v) is 4.99. The summed E-state index contributed by atoms with van der Waals surface area (Å²) < 4.78 is 21.5. The molecule has 1 aliphatic heterocycles. The molecule has 0 saturated carbocycles. The van der Waals surface area contributed by atoms with E-state index in [-0.39, 0.29) is 5.82 Å². The molecule has 0 spiro atoms. The maximum atomic E-state index is 14.2. The molecule has 2 aromatic heterocycles. The molecule has 0 bridgehead atoms. The lowest BCUT2D eigenvalue weighted by atomic mass is 9.93. The van der Waals surface area contributed by atoms with Crippen molar-refractivity contribution in [3.8, 4) is 17.1 Å². The second-order valence-corrected chi connectivity index (χ2v) is 6.74. The maximum absolute atomic E-state index is 14.2. The summed E-state index contributed by atoms with van der Waals surface area (Å²) in [5, 5.41) is 16.2. The van der Waals surface area contributed by atoms with Crippen LogP contribution in [-0.2, 0) is 0 Å². The minimum Gasteiger partial charge on any atom is -0.493 e. The average molecular weight is 375 g/mol. The zero-order valence-electron chi connectivity index (χ0n) is 15.0. The van der Waals surface area contributed by atoms with E-state index in [0.29, 0.717) is 35.4 Å². The van der Waals surface area contributed by atoms with Crippen molar-refractivity contribution >= 4 is 11.5 Å². The van der Waals surface area contributed by atoms with Gasteiger partial charge in [-0.1, -0.05) is 30.3 Å². The van der Waals surface area contributed by atoms with Crippen molar-refractivity contribution in [3.63, 3.8) is 0 Å². The fraction of sp³-hybridized carbons (Fsp3) is 0.190. The molecule has 3 heterocycles. The third-order valence-electron chi connectivity index (χ3n) is 4.99. The first-order chi connectivity index (χ1) is 13.8. The molecule has 7 heteroatoms. The second-order valence-electron chi connectivity index (χ2n) is 6.74. The van der Waals surface area contributed by atoms with Gasteiger partial charge in [0.25, 0.3) is 0 Å². The summed E-state index contributed by atoms with van der Waals surface area (Å²) in [5.41, 5.74) is 2.15. The zero-order valence-corrected chi connectivity index (χ0v) is 15.0. The highest BCUT2D eigenvalue weighted by Gasteiger charge is 2.21. The summed E-state index contributed by atoms with van der Waals surface area (Å²) in [7, 11) is 0. The van der Waals surface area contributed by atoms with Gasteiger partial charge in [0.2, 0.25) is 0 Å². The minimum atomic E-state index is -0.351. The molecule has 1 atom stereocenters. The maximum Gasteiger partial charge on any atom is 0.188 e. The van der Waals surface area contributed by atoms with E-state index in [0.717, 1.165) is 18.7 Å². The summed E-state index contributed by atoms with van der Waals surface area (Å²) in [4.78, 5) is 0. The first-order valence-electron chi connectivity index (χ1n) is 9.22. The van der Waals surface area contributed by atoms with Crippen LogP contribution in [0.1, 0.15) is 17.9 Å². The Morgan fingerprint density at radius 2 is 1.89 bits per heavy atom. The average Bonchev–Trinajstić information content (AvgIpc) is 3.15. The number of rotatable bonds is 4. The van der Waals surface area contributed by atoms with Crippen LogP contribution in [-0.4, -0.2) is 33.0 Å². The first-order valence-corrected chi connectivity index (χ1v) is 9.22. The number of para-hydroxylation sites is 1. The first kappa shape index (κ1) is 16.7. The number of aromatic nitrogens is 4. The zero-order chi connectivity index (χ0) is 18.9. The smallest absolute Gasteiger partial charge is 0.188 e.